The fraction of sp³-hybridized carbons (Fsp3) is 0.562. The third kappa shape index (κ3) is 5.77. The lowest BCUT2D eigenvalue weighted by Crippen LogP contribution is -2.28. The van der Waals surface area contributed by atoms with Crippen LogP contribution in [0.25, 0.3) is 0 Å². The van der Waals surface area contributed by atoms with Crippen molar-refractivity contribution in [2.75, 3.05) is 30.8 Å². The quantitative estimate of drug-likeness (QED) is 0.717. The highest BCUT2D eigenvalue weighted by atomic mass is 32.2. The van der Waals surface area contributed by atoms with Crippen molar-refractivity contribution in [2.24, 2.45) is 0 Å². The van der Waals surface area contributed by atoms with Crippen LogP contribution in [0, 0.1) is 6.92 Å². The van der Waals surface area contributed by atoms with E-state index in [-0.39, 0.29) is 10.8 Å². The van der Waals surface area contributed by atoms with Gasteiger partial charge in [-0.1, -0.05) is 0 Å². The predicted octanol–water partition coefficient (Wildman–Crippen LogP) is 2.14. The Morgan fingerprint density at radius 2 is 2.04 bits per heavy atom. The zero-order valence-corrected chi connectivity index (χ0v) is 15.6. The van der Waals surface area contributed by atoms with Crippen LogP contribution >= 0.6 is 11.8 Å². The molecule has 0 unspecified atom stereocenters. The van der Waals surface area contributed by atoms with Gasteiger partial charge in [0, 0.05) is 43.4 Å². The summed E-state index contributed by atoms with van der Waals surface area (Å²) in [5.41, 5.74) is 1.19. The van der Waals surface area contributed by atoms with Crippen LogP contribution < -0.4 is 10.0 Å². The number of benzene rings is 1. The van der Waals surface area contributed by atoms with Gasteiger partial charge in [-0.2, -0.15) is 11.8 Å². The normalized spacial score (nSPS) is 16.1. The van der Waals surface area contributed by atoms with E-state index < -0.39 is 10.0 Å². The molecule has 0 atom stereocenters. The largest absolute Gasteiger partial charge is 0.381 e. The van der Waals surface area contributed by atoms with Crippen molar-refractivity contribution in [3.63, 3.8) is 0 Å². The number of sulfonamides is 1. The monoisotopic (exact) mass is 372 g/mol. The fourth-order valence-electron chi connectivity index (χ4n) is 2.55. The van der Waals surface area contributed by atoms with E-state index in [9.17, 15) is 13.2 Å². The Kier molecular flexibility index (Phi) is 7.09. The summed E-state index contributed by atoms with van der Waals surface area (Å²) in [6.07, 6.45) is 2.06. The molecule has 0 spiro atoms. The average molecular weight is 373 g/mol. The Balaban J connectivity index is 1.88. The van der Waals surface area contributed by atoms with E-state index in [4.69, 9.17) is 4.74 Å². The number of aryl methyl sites for hydroxylation is 1. The van der Waals surface area contributed by atoms with E-state index in [1.54, 1.807) is 30.8 Å². The molecule has 6 nitrogen and oxygen atoms in total. The van der Waals surface area contributed by atoms with Gasteiger partial charge in [0.2, 0.25) is 15.9 Å². The second kappa shape index (κ2) is 8.84. The number of carbonyl (C=O) groups excluding carboxylic acids is 1. The maximum absolute atomic E-state index is 12.4. The molecule has 1 amide bonds. The van der Waals surface area contributed by atoms with Crippen LogP contribution in [0.3, 0.4) is 0 Å². The van der Waals surface area contributed by atoms with Crippen molar-refractivity contribution in [1.29, 1.82) is 0 Å². The molecule has 1 aromatic carbocycles. The maximum atomic E-state index is 12.4. The summed E-state index contributed by atoms with van der Waals surface area (Å²) in [7, 11) is -3.54. The van der Waals surface area contributed by atoms with Gasteiger partial charge in [-0.25, -0.2) is 13.1 Å². The Morgan fingerprint density at radius 3 is 2.67 bits per heavy atom. The van der Waals surface area contributed by atoms with Gasteiger partial charge in [0.15, 0.2) is 0 Å². The van der Waals surface area contributed by atoms with Crippen LogP contribution in [0.15, 0.2) is 23.1 Å². The molecule has 24 heavy (non-hydrogen) atoms. The van der Waals surface area contributed by atoms with Crippen LogP contribution in [0.5, 0.6) is 0 Å². The first kappa shape index (κ1) is 19.2. The molecule has 2 rings (SSSR count). The van der Waals surface area contributed by atoms with Crippen molar-refractivity contribution in [2.45, 2.75) is 36.8 Å². The third-order valence-electron chi connectivity index (χ3n) is 3.70. The number of hydrogen-bond acceptors (Lipinski definition) is 5. The lowest BCUT2D eigenvalue weighted by Gasteiger charge is -2.21. The molecule has 134 valence electrons. The predicted molar refractivity (Wildman–Crippen MR) is 97.0 cm³/mol. The highest BCUT2D eigenvalue weighted by molar-refractivity contribution is 8.00. The van der Waals surface area contributed by atoms with Gasteiger partial charge in [0.1, 0.15) is 0 Å². The molecule has 0 radical (unpaired) electrons. The number of rotatable bonds is 7. The Hall–Kier alpha value is -1.09. The van der Waals surface area contributed by atoms with Gasteiger partial charge >= 0.3 is 0 Å². The fourth-order valence-corrected chi connectivity index (χ4v) is 5.02. The minimum absolute atomic E-state index is 0.187. The smallest absolute Gasteiger partial charge is 0.240 e. The molecule has 1 aromatic rings. The van der Waals surface area contributed by atoms with E-state index in [1.807, 2.05) is 0 Å². The minimum atomic E-state index is -3.54. The molecule has 1 heterocycles. The Labute approximate surface area is 147 Å². The molecule has 1 fully saturated rings. The number of amides is 1. The second-order valence-electron chi connectivity index (χ2n) is 5.74. The van der Waals surface area contributed by atoms with Gasteiger partial charge in [0.05, 0.1) is 4.90 Å². The molecular formula is C16H24N2O4S2. The van der Waals surface area contributed by atoms with Crippen LogP contribution in [-0.2, 0) is 19.6 Å². The number of nitrogens with one attached hydrogen (secondary N) is 2. The summed E-state index contributed by atoms with van der Waals surface area (Å²) in [4.78, 5) is 11.3. The molecule has 0 saturated carbocycles. The number of anilines is 1. The van der Waals surface area contributed by atoms with Gasteiger partial charge in [0.25, 0.3) is 0 Å². The van der Waals surface area contributed by atoms with Gasteiger partial charge in [-0.15, -0.1) is 0 Å². The van der Waals surface area contributed by atoms with E-state index in [0.717, 1.165) is 31.8 Å². The lowest BCUT2D eigenvalue weighted by molar-refractivity contribution is -0.114. The van der Waals surface area contributed by atoms with Crippen LogP contribution in [0.2, 0.25) is 0 Å². The van der Waals surface area contributed by atoms with Gasteiger partial charge in [-0.3, -0.25) is 4.79 Å². The Morgan fingerprint density at radius 1 is 1.33 bits per heavy atom. The van der Waals surface area contributed by atoms with Crippen molar-refractivity contribution in [3.05, 3.63) is 23.8 Å². The van der Waals surface area contributed by atoms with Gasteiger partial charge < -0.3 is 10.1 Å². The average Bonchev–Trinajstić information content (AvgIpc) is 2.52. The SMILES string of the molecule is CC(=O)Nc1ccc(S(=O)(=O)NCCSC2CCOCC2)c(C)c1. The first-order valence-electron chi connectivity index (χ1n) is 7.96. The van der Waals surface area contributed by atoms with Gasteiger partial charge in [-0.05, 0) is 43.5 Å². The zero-order valence-electron chi connectivity index (χ0n) is 14.0. The standard InChI is InChI=1S/C16H24N2O4S2/c1-12-11-14(18-13(2)19)3-4-16(12)24(20,21)17-7-10-23-15-5-8-22-9-6-15/h3-4,11,15,17H,5-10H2,1-2H3,(H,18,19). The van der Waals surface area contributed by atoms with Crippen LogP contribution in [0.1, 0.15) is 25.3 Å². The van der Waals surface area contributed by atoms with Crippen molar-refractivity contribution < 1.29 is 17.9 Å². The first-order chi connectivity index (χ1) is 11.4. The number of hydrogen-bond donors (Lipinski definition) is 2. The minimum Gasteiger partial charge on any atom is -0.381 e. The zero-order chi connectivity index (χ0) is 17.6. The van der Waals surface area contributed by atoms with E-state index >= 15 is 0 Å². The van der Waals surface area contributed by atoms with E-state index in [2.05, 4.69) is 10.0 Å². The summed E-state index contributed by atoms with van der Waals surface area (Å²) < 4.78 is 32.8. The highest BCUT2D eigenvalue weighted by Gasteiger charge is 2.18. The van der Waals surface area contributed by atoms with Crippen molar-refractivity contribution in [3.8, 4) is 0 Å². The Bertz CT molecular complexity index is 671. The number of thioether (sulfide) groups is 1. The molecule has 1 aliphatic heterocycles. The summed E-state index contributed by atoms with van der Waals surface area (Å²) in [6, 6.07) is 4.78. The molecule has 0 aromatic heterocycles. The molecular weight excluding hydrogens is 348 g/mol. The third-order valence-corrected chi connectivity index (χ3v) is 6.70. The van der Waals surface area contributed by atoms with Crippen molar-refractivity contribution >= 4 is 33.4 Å². The number of carbonyl (C=O) groups is 1. The van der Waals surface area contributed by atoms with E-state index in [0.29, 0.717) is 23.0 Å². The number of ether oxygens (including phenoxy) is 1. The summed E-state index contributed by atoms with van der Waals surface area (Å²) in [5.74, 6) is 0.556. The first-order valence-corrected chi connectivity index (χ1v) is 10.5. The molecule has 0 bridgehead atoms. The lowest BCUT2D eigenvalue weighted by atomic mass is 10.2. The van der Waals surface area contributed by atoms with Crippen molar-refractivity contribution in [1.82, 2.24) is 4.72 Å². The molecule has 2 N–H and O–H groups in total. The topological polar surface area (TPSA) is 84.5 Å². The second-order valence-corrected chi connectivity index (χ2v) is 8.89. The maximum Gasteiger partial charge on any atom is 0.240 e. The summed E-state index contributed by atoms with van der Waals surface area (Å²) in [5, 5.41) is 3.20. The van der Waals surface area contributed by atoms with E-state index in [1.165, 1.54) is 13.0 Å². The molecule has 0 aliphatic carbocycles. The molecule has 1 aliphatic rings. The molecule has 8 heteroatoms. The summed E-state index contributed by atoms with van der Waals surface area (Å²) in [6.45, 7) is 5.12. The van der Waals surface area contributed by atoms with Crippen LogP contribution in [0.4, 0.5) is 5.69 Å². The molecule has 1 saturated heterocycles. The summed E-state index contributed by atoms with van der Waals surface area (Å²) >= 11 is 1.79. The highest BCUT2D eigenvalue weighted by Crippen LogP contribution is 2.22. The van der Waals surface area contributed by atoms with Crippen LogP contribution in [-0.4, -0.2) is 45.1 Å².